The van der Waals surface area contributed by atoms with E-state index >= 15 is 0 Å². The van der Waals surface area contributed by atoms with Gasteiger partial charge in [0.05, 0.1) is 12.1 Å². The number of anilines is 1. The van der Waals surface area contributed by atoms with Crippen LogP contribution in [-0.2, 0) is 11.2 Å². The molecular weight excluding hydrogens is 515 g/mol. The summed E-state index contributed by atoms with van der Waals surface area (Å²) in [5.41, 5.74) is 3.65. The first-order valence-electron chi connectivity index (χ1n) is 11.5. The highest BCUT2D eigenvalue weighted by molar-refractivity contribution is 6.35. The van der Waals surface area contributed by atoms with Crippen LogP contribution in [0.4, 0.5) is 5.95 Å². The molecule has 0 saturated heterocycles. The number of nitrogens with one attached hydrogen (secondary N) is 3. The molecule has 1 amide bonds. The van der Waals surface area contributed by atoms with Crippen LogP contribution in [-0.4, -0.2) is 47.1 Å². The van der Waals surface area contributed by atoms with E-state index in [2.05, 4.69) is 30.6 Å². The Hall–Kier alpha value is -3.82. The van der Waals surface area contributed by atoms with Gasteiger partial charge in [0, 0.05) is 46.1 Å². The molecule has 192 valence electrons. The second-order valence-electron chi connectivity index (χ2n) is 8.22. The first kappa shape index (κ1) is 26.2. The summed E-state index contributed by atoms with van der Waals surface area (Å²) in [7, 11) is 1.64. The Labute approximate surface area is 224 Å². The first-order valence-corrected chi connectivity index (χ1v) is 12.2. The van der Waals surface area contributed by atoms with E-state index in [0.717, 1.165) is 33.6 Å². The van der Waals surface area contributed by atoms with Gasteiger partial charge in [-0.05, 0) is 62.2 Å². The van der Waals surface area contributed by atoms with Crippen molar-refractivity contribution in [3.63, 3.8) is 0 Å². The van der Waals surface area contributed by atoms with Gasteiger partial charge < -0.3 is 14.5 Å². The maximum absolute atomic E-state index is 12.7. The zero-order valence-corrected chi connectivity index (χ0v) is 22.1. The summed E-state index contributed by atoms with van der Waals surface area (Å²) in [6.07, 6.45) is 2.58. The smallest absolute Gasteiger partial charge is 0.264 e. The Balaban J connectivity index is 1.46. The second kappa shape index (κ2) is 11.9. The number of hydrogen-bond acceptors (Lipinski definition) is 6. The minimum absolute atomic E-state index is 0.210. The number of H-pyrrole nitrogens is 1. The minimum atomic E-state index is -0.430. The van der Waals surface area contributed by atoms with Crippen molar-refractivity contribution in [2.24, 2.45) is 4.99 Å². The summed E-state index contributed by atoms with van der Waals surface area (Å²) in [6.45, 7) is 3.85. The van der Waals surface area contributed by atoms with Crippen LogP contribution in [0.2, 0.25) is 10.0 Å². The standard InChI is InChI=1S/C26H26Cl2N6O3/c1-15-10-16(2)32-26(31-15)34-25(33-24(35)14-37-23-7-4-18(27)11-21(23)28)29-9-8-17-13-30-22-12-19(36-3)5-6-20(17)22/h4-7,10-13,30H,8-9,14H2,1-3H3,(H2,29,31,32,33,34,35). The lowest BCUT2D eigenvalue weighted by molar-refractivity contribution is -0.121. The topological polar surface area (TPSA) is 114 Å². The van der Waals surface area contributed by atoms with Gasteiger partial charge in [0.1, 0.15) is 11.5 Å². The third-order valence-corrected chi connectivity index (χ3v) is 5.88. The fraction of sp³-hybridized carbons (Fsp3) is 0.231. The molecule has 2 heterocycles. The molecule has 2 aromatic heterocycles. The van der Waals surface area contributed by atoms with Crippen LogP contribution in [0.3, 0.4) is 0 Å². The van der Waals surface area contributed by atoms with Crippen LogP contribution >= 0.6 is 23.2 Å². The summed E-state index contributed by atoms with van der Waals surface area (Å²) in [5.74, 6) is 1.24. The number of carbonyl (C=O) groups excluding carboxylic acids is 1. The number of carbonyl (C=O) groups is 1. The lowest BCUT2D eigenvalue weighted by atomic mass is 10.1. The summed E-state index contributed by atoms with van der Waals surface area (Å²) >= 11 is 12.0. The number of halogens is 2. The number of ether oxygens (including phenoxy) is 2. The van der Waals surface area contributed by atoms with E-state index in [1.54, 1.807) is 25.3 Å². The maximum atomic E-state index is 12.7. The maximum Gasteiger partial charge on any atom is 0.264 e. The molecule has 9 nitrogen and oxygen atoms in total. The van der Waals surface area contributed by atoms with Crippen LogP contribution in [0, 0.1) is 13.8 Å². The predicted molar refractivity (Wildman–Crippen MR) is 146 cm³/mol. The van der Waals surface area contributed by atoms with Gasteiger partial charge in [0.15, 0.2) is 6.61 Å². The number of hydrogen-bond donors (Lipinski definition) is 3. The summed E-state index contributed by atoms with van der Waals surface area (Å²) in [4.78, 5) is 29.3. The molecule has 11 heteroatoms. The van der Waals surface area contributed by atoms with Crippen LogP contribution in [0.1, 0.15) is 17.0 Å². The molecule has 0 spiro atoms. The zero-order valence-electron chi connectivity index (χ0n) is 20.6. The van der Waals surface area contributed by atoms with Crippen molar-refractivity contribution in [1.82, 2.24) is 20.3 Å². The van der Waals surface area contributed by atoms with Crippen molar-refractivity contribution in [1.29, 1.82) is 0 Å². The van der Waals surface area contributed by atoms with Crippen molar-refractivity contribution in [3.05, 3.63) is 75.7 Å². The number of guanidine groups is 1. The lowest BCUT2D eigenvalue weighted by Crippen LogP contribution is -2.39. The van der Waals surface area contributed by atoms with E-state index in [-0.39, 0.29) is 12.6 Å². The Morgan fingerprint density at radius 2 is 1.86 bits per heavy atom. The molecule has 0 unspecified atom stereocenters. The zero-order chi connectivity index (χ0) is 26.4. The van der Waals surface area contributed by atoms with Crippen LogP contribution in [0.5, 0.6) is 11.5 Å². The highest BCUT2D eigenvalue weighted by Gasteiger charge is 2.12. The number of nitrogens with zero attached hydrogens (tertiary/aromatic N) is 3. The van der Waals surface area contributed by atoms with E-state index in [1.807, 2.05) is 44.3 Å². The molecule has 37 heavy (non-hydrogen) atoms. The van der Waals surface area contributed by atoms with Crippen LogP contribution in [0.25, 0.3) is 10.9 Å². The average molecular weight is 541 g/mol. The number of methoxy groups -OCH3 is 1. The van der Waals surface area contributed by atoms with E-state index in [0.29, 0.717) is 34.7 Å². The predicted octanol–water partition coefficient (Wildman–Crippen LogP) is 5.10. The van der Waals surface area contributed by atoms with Crippen molar-refractivity contribution >= 4 is 51.9 Å². The van der Waals surface area contributed by atoms with Gasteiger partial charge in [-0.1, -0.05) is 23.2 Å². The minimum Gasteiger partial charge on any atom is -0.497 e. The van der Waals surface area contributed by atoms with Gasteiger partial charge in [-0.2, -0.15) is 0 Å². The SMILES string of the molecule is COc1ccc2c(CCN=C(NC(=O)COc3ccc(Cl)cc3Cl)Nc3nc(C)cc(C)n3)c[nH]c2c1. The van der Waals surface area contributed by atoms with Crippen molar-refractivity contribution in [3.8, 4) is 11.5 Å². The second-order valence-corrected chi connectivity index (χ2v) is 9.06. The molecule has 0 bridgehead atoms. The quantitative estimate of drug-likeness (QED) is 0.212. The number of rotatable bonds is 8. The number of aryl methyl sites for hydroxylation is 2. The molecule has 3 N–H and O–H groups in total. The molecule has 0 fully saturated rings. The number of aromatic nitrogens is 3. The van der Waals surface area contributed by atoms with E-state index < -0.39 is 5.91 Å². The Morgan fingerprint density at radius 3 is 2.59 bits per heavy atom. The summed E-state index contributed by atoms with van der Waals surface area (Å²) < 4.78 is 10.8. The average Bonchev–Trinajstić information content (AvgIpc) is 3.25. The lowest BCUT2D eigenvalue weighted by Gasteiger charge is -2.12. The molecule has 0 aliphatic rings. The Morgan fingerprint density at radius 1 is 1.08 bits per heavy atom. The van der Waals surface area contributed by atoms with Crippen LogP contribution in [0.15, 0.2) is 53.7 Å². The Bertz CT molecular complexity index is 1430. The number of aromatic amines is 1. The van der Waals surface area contributed by atoms with Crippen molar-refractivity contribution < 1.29 is 14.3 Å². The largest absolute Gasteiger partial charge is 0.497 e. The van der Waals surface area contributed by atoms with Gasteiger partial charge in [-0.25, -0.2) is 9.97 Å². The van der Waals surface area contributed by atoms with Gasteiger partial charge in [0.2, 0.25) is 11.9 Å². The van der Waals surface area contributed by atoms with Gasteiger partial charge in [-0.3, -0.25) is 20.4 Å². The molecule has 4 aromatic rings. The van der Waals surface area contributed by atoms with E-state index in [1.165, 1.54) is 0 Å². The third-order valence-electron chi connectivity index (χ3n) is 5.35. The first-order chi connectivity index (χ1) is 17.8. The fourth-order valence-electron chi connectivity index (χ4n) is 3.69. The van der Waals surface area contributed by atoms with E-state index in [9.17, 15) is 4.79 Å². The number of amides is 1. The van der Waals surface area contributed by atoms with Crippen molar-refractivity contribution in [2.75, 3.05) is 25.6 Å². The molecule has 0 aliphatic carbocycles. The normalized spacial score (nSPS) is 11.4. The molecule has 2 aromatic carbocycles. The molecule has 0 aliphatic heterocycles. The van der Waals surface area contributed by atoms with Crippen LogP contribution < -0.4 is 20.1 Å². The molecule has 0 saturated carbocycles. The molecular formula is C26H26Cl2N6O3. The Kier molecular flexibility index (Phi) is 8.47. The molecule has 0 radical (unpaired) electrons. The van der Waals surface area contributed by atoms with Gasteiger partial charge >= 0.3 is 0 Å². The third kappa shape index (κ3) is 7.12. The molecule has 0 atom stereocenters. The van der Waals surface area contributed by atoms with Gasteiger partial charge in [-0.15, -0.1) is 0 Å². The highest BCUT2D eigenvalue weighted by Crippen LogP contribution is 2.27. The molecule has 4 rings (SSSR count). The summed E-state index contributed by atoms with van der Waals surface area (Å²) in [5, 5.41) is 7.62. The fourth-order valence-corrected chi connectivity index (χ4v) is 4.15. The summed E-state index contributed by atoms with van der Waals surface area (Å²) in [6, 6.07) is 12.5. The van der Waals surface area contributed by atoms with E-state index in [4.69, 9.17) is 32.7 Å². The number of benzene rings is 2. The highest BCUT2D eigenvalue weighted by atomic mass is 35.5. The monoisotopic (exact) mass is 540 g/mol. The van der Waals surface area contributed by atoms with Gasteiger partial charge in [0.25, 0.3) is 5.91 Å². The number of aliphatic imine (C=N–C) groups is 1. The van der Waals surface area contributed by atoms with Crippen molar-refractivity contribution in [2.45, 2.75) is 20.3 Å². The number of fused-ring (bicyclic) bond motifs is 1.